The van der Waals surface area contributed by atoms with Gasteiger partial charge in [0.1, 0.15) is 0 Å². The van der Waals surface area contributed by atoms with Crippen molar-refractivity contribution in [2.45, 2.75) is 134 Å². The second-order valence-corrected chi connectivity index (χ2v) is 9.71. The number of rotatable bonds is 19. The quantitative estimate of drug-likeness (QED) is 0.200. The maximum Gasteiger partial charge on any atom is 1.00 e. The minimum Gasteiger partial charge on any atom is -0.748 e. The molecular weight excluding hydrogens is 371 g/mol. The van der Waals surface area contributed by atoms with Crippen LogP contribution in [0.2, 0.25) is 0 Å². The molecule has 0 bridgehead atoms. The van der Waals surface area contributed by atoms with E-state index in [4.69, 9.17) is 0 Å². The standard InChI is InChI=1S/C21H44O4S.Na/c1-3-4-5-6-7-8-9-12-15-18-21(22)19-16-13-10-11-14-17-20(2)26(23,24)25;/h20-22H,3-19H2,1-2H3,(H,23,24,25);/q;+1/p-1. The zero-order valence-electron chi connectivity index (χ0n) is 18.3. The summed E-state index contributed by atoms with van der Waals surface area (Å²) in [5.74, 6) is 0. The number of hydrogen-bond donors (Lipinski definition) is 1. The Morgan fingerprint density at radius 2 is 1.04 bits per heavy atom. The van der Waals surface area contributed by atoms with E-state index in [1.165, 1.54) is 58.3 Å². The fraction of sp³-hybridized carbons (Fsp3) is 1.00. The maximum atomic E-state index is 10.8. The van der Waals surface area contributed by atoms with Crippen LogP contribution < -0.4 is 29.6 Å². The number of hydrogen-bond acceptors (Lipinski definition) is 4. The molecule has 0 rings (SSSR count). The van der Waals surface area contributed by atoms with Crippen molar-refractivity contribution < 1.29 is 47.6 Å². The normalized spacial score (nSPS) is 13.9. The molecule has 0 saturated carbocycles. The smallest absolute Gasteiger partial charge is 0.748 e. The Hall–Kier alpha value is 0.870. The Morgan fingerprint density at radius 1 is 0.704 bits per heavy atom. The number of aliphatic hydroxyl groups is 1. The summed E-state index contributed by atoms with van der Waals surface area (Å²) >= 11 is 0. The monoisotopic (exact) mass is 414 g/mol. The van der Waals surface area contributed by atoms with Crippen molar-refractivity contribution in [3.8, 4) is 0 Å². The molecule has 2 unspecified atom stereocenters. The Morgan fingerprint density at radius 3 is 1.41 bits per heavy atom. The van der Waals surface area contributed by atoms with Crippen LogP contribution in [0.3, 0.4) is 0 Å². The van der Waals surface area contributed by atoms with E-state index in [-0.39, 0.29) is 35.7 Å². The van der Waals surface area contributed by atoms with Crippen molar-refractivity contribution in [1.29, 1.82) is 0 Å². The Bertz CT molecular complexity index is 401. The number of aliphatic hydroxyl groups excluding tert-OH is 1. The maximum absolute atomic E-state index is 10.8. The fourth-order valence-corrected chi connectivity index (χ4v) is 3.78. The molecule has 0 aliphatic heterocycles. The van der Waals surface area contributed by atoms with Crippen molar-refractivity contribution in [2.75, 3.05) is 0 Å². The van der Waals surface area contributed by atoms with E-state index in [1.54, 1.807) is 0 Å². The largest absolute Gasteiger partial charge is 1.00 e. The van der Waals surface area contributed by atoms with Gasteiger partial charge in [-0.05, 0) is 26.2 Å². The second kappa shape index (κ2) is 20.2. The van der Waals surface area contributed by atoms with Gasteiger partial charge in [-0.2, -0.15) is 0 Å². The van der Waals surface area contributed by atoms with Crippen LogP contribution in [0.4, 0.5) is 0 Å². The van der Waals surface area contributed by atoms with E-state index < -0.39 is 15.4 Å². The minimum atomic E-state index is -4.12. The molecule has 0 fully saturated rings. The van der Waals surface area contributed by atoms with Crippen LogP contribution in [0.5, 0.6) is 0 Å². The molecular formula is C21H43NaO4S. The molecule has 1 N–H and O–H groups in total. The first-order valence-corrected chi connectivity index (χ1v) is 12.5. The van der Waals surface area contributed by atoms with Gasteiger partial charge in [-0.15, -0.1) is 0 Å². The van der Waals surface area contributed by atoms with Gasteiger partial charge in [0, 0.05) is 5.25 Å². The molecule has 0 heterocycles. The Balaban J connectivity index is 0. The van der Waals surface area contributed by atoms with Crippen LogP contribution in [0.25, 0.3) is 0 Å². The molecule has 158 valence electrons. The number of unbranched alkanes of at least 4 members (excludes halogenated alkanes) is 12. The van der Waals surface area contributed by atoms with Crippen LogP contribution >= 0.6 is 0 Å². The van der Waals surface area contributed by atoms with Crippen LogP contribution in [-0.2, 0) is 10.1 Å². The van der Waals surface area contributed by atoms with Gasteiger partial charge in [-0.3, -0.25) is 0 Å². The molecule has 0 radical (unpaired) electrons. The predicted octanol–water partition coefficient (Wildman–Crippen LogP) is 2.94. The summed E-state index contributed by atoms with van der Waals surface area (Å²) in [6.45, 7) is 3.74. The van der Waals surface area contributed by atoms with Crippen LogP contribution in [-0.4, -0.2) is 29.4 Å². The van der Waals surface area contributed by atoms with E-state index in [0.717, 1.165) is 51.4 Å². The molecule has 0 aromatic carbocycles. The summed E-state index contributed by atoms with van der Waals surface area (Å²) in [5.41, 5.74) is 0. The van der Waals surface area contributed by atoms with Gasteiger partial charge in [0.25, 0.3) is 0 Å². The molecule has 0 saturated heterocycles. The fourth-order valence-electron chi connectivity index (χ4n) is 3.32. The molecule has 2 atom stereocenters. The SMILES string of the molecule is CCCCCCCCCCCC(O)CCCCCCCC(C)S(=O)(=O)[O-].[Na+]. The Kier molecular flexibility index (Phi) is 22.4. The molecule has 0 amide bonds. The van der Waals surface area contributed by atoms with E-state index >= 15 is 0 Å². The molecule has 0 aromatic rings. The van der Waals surface area contributed by atoms with Crippen molar-refractivity contribution in [2.24, 2.45) is 0 Å². The zero-order valence-corrected chi connectivity index (χ0v) is 21.1. The summed E-state index contributed by atoms with van der Waals surface area (Å²) < 4.78 is 32.4. The summed E-state index contributed by atoms with van der Waals surface area (Å²) in [4.78, 5) is 0. The van der Waals surface area contributed by atoms with Gasteiger partial charge in [-0.25, -0.2) is 8.42 Å². The van der Waals surface area contributed by atoms with E-state index in [9.17, 15) is 18.1 Å². The van der Waals surface area contributed by atoms with Crippen molar-refractivity contribution in [3.63, 3.8) is 0 Å². The van der Waals surface area contributed by atoms with Gasteiger partial charge in [-0.1, -0.05) is 96.8 Å². The van der Waals surface area contributed by atoms with Crippen LogP contribution in [0.15, 0.2) is 0 Å². The van der Waals surface area contributed by atoms with E-state index in [2.05, 4.69) is 6.92 Å². The van der Waals surface area contributed by atoms with Crippen molar-refractivity contribution in [3.05, 3.63) is 0 Å². The molecule has 4 nitrogen and oxygen atoms in total. The minimum absolute atomic E-state index is 0. The first-order valence-electron chi connectivity index (χ1n) is 11.0. The predicted molar refractivity (Wildman–Crippen MR) is 109 cm³/mol. The van der Waals surface area contributed by atoms with Gasteiger partial charge >= 0.3 is 29.6 Å². The summed E-state index contributed by atoms with van der Waals surface area (Å²) in [5, 5.41) is 9.25. The zero-order chi connectivity index (χ0) is 19.7. The molecule has 6 heteroatoms. The molecule has 0 aliphatic carbocycles. The summed E-state index contributed by atoms with van der Waals surface area (Å²) in [6.07, 6.45) is 18.8. The van der Waals surface area contributed by atoms with Gasteiger partial charge in [0.15, 0.2) is 0 Å². The molecule has 27 heavy (non-hydrogen) atoms. The van der Waals surface area contributed by atoms with Gasteiger partial charge < -0.3 is 9.66 Å². The third kappa shape index (κ3) is 21.4. The Labute approximate surface area is 191 Å². The van der Waals surface area contributed by atoms with Crippen molar-refractivity contribution in [1.82, 2.24) is 0 Å². The average molecular weight is 415 g/mol. The first kappa shape index (κ1) is 30.1. The average Bonchev–Trinajstić information content (AvgIpc) is 2.58. The van der Waals surface area contributed by atoms with E-state index in [1.807, 2.05) is 0 Å². The van der Waals surface area contributed by atoms with E-state index in [0.29, 0.717) is 6.42 Å². The third-order valence-electron chi connectivity index (χ3n) is 5.28. The van der Waals surface area contributed by atoms with Crippen molar-refractivity contribution >= 4 is 10.1 Å². The van der Waals surface area contributed by atoms with Crippen LogP contribution in [0.1, 0.15) is 123 Å². The van der Waals surface area contributed by atoms with Gasteiger partial charge in [0.2, 0.25) is 0 Å². The second-order valence-electron chi connectivity index (χ2n) is 7.92. The molecule has 0 aromatic heterocycles. The topological polar surface area (TPSA) is 77.4 Å². The summed E-state index contributed by atoms with van der Waals surface area (Å²) in [7, 11) is -4.12. The third-order valence-corrected chi connectivity index (χ3v) is 6.50. The molecule has 0 spiro atoms. The first-order chi connectivity index (χ1) is 12.4. The molecule has 0 aliphatic rings. The van der Waals surface area contributed by atoms with Gasteiger partial charge in [0.05, 0.1) is 16.2 Å². The van der Waals surface area contributed by atoms with Crippen LogP contribution in [0, 0.1) is 0 Å². The summed E-state index contributed by atoms with van der Waals surface area (Å²) in [6, 6.07) is 0.